The zero-order valence-corrected chi connectivity index (χ0v) is 17.1. The molecule has 0 unspecified atom stereocenters. The first-order chi connectivity index (χ1) is 15.2. The fourth-order valence-electron chi connectivity index (χ4n) is 3.44. The van der Waals surface area contributed by atoms with Crippen LogP contribution >= 0.6 is 0 Å². The highest BCUT2D eigenvalue weighted by molar-refractivity contribution is 5.84. The van der Waals surface area contributed by atoms with Gasteiger partial charge in [-0.15, -0.1) is 0 Å². The van der Waals surface area contributed by atoms with Crippen molar-refractivity contribution in [2.75, 3.05) is 26.6 Å². The van der Waals surface area contributed by atoms with E-state index in [-0.39, 0.29) is 0 Å². The minimum Gasteiger partial charge on any atom is -0.493 e. The summed E-state index contributed by atoms with van der Waals surface area (Å²) in [4.78, 5) is 9.14. The van der Waals surface area contributed by atoms with Gasteiger partial charge >= 0.3 is 0 Å². The number of rotatable bonds is 6. The average Bonchev–Trinajstić information content (AvgIpc) is 3.47. The van der Waals surface area contributed by atoms with Crippen LogP contribution < -0.4 is 19.5 Å². The zero-order chi connectivity index (χ0) is 21.4. The van der Waals surface area contributed by atoms with Gasteiger partial charge < -0.3 is 19.5 Å². The molecule has 2 N–H and O–H groups in total. The first-order valence-electron chi connectivity index (χ1n) is 9.41. The summed E-state index contributed by atoms with van der Waals surface area (Å²) in [5.41, 5.74) is 3.86. The van der Waals surface area contributed by atoms with E-state index in [2.05, 4.69) is 25.6 Å². The Hall–Kier alpha value is -4.34. The molecule has 0 saturated carbocycles. The summed E-state index contributed by atoms with van der Waals surface area (Å²) >= 11 is 0. The second kappa shape index (κ2) is 7.48. The number of methoxy groups -OCH3 is 3. The van der Waals surface area contributed by atoms with E-state index in [9.17, 15) is 0 Å². The molecule has 5 aromatic rings. The van der Waals surface area contributed by atoms with E-state index in [4.69, 9.17) is 19.2 Å². The predicted octanol–water partition coefficient (Wildman–Crippen LogP) is 3.44. The SMILES string of the molecule is COc1cc(Nc2nc(-c3ccc4cn[nH]c4c3)cn3ncnc23)cc(OC)c1OC. The second-order valence-electron chi connectivity index (χ2n) is 6.71. The van der Waals surface area contributed by atoms with Gasteiger partial charge in [-0.25, -0.2) is 14.5 Å². The second-order valence-corrected chi connectivity index (χ2v) is 6.71. The lowest BCUT2D eigenvalue weighted by molar-refractivity contribution is 0.324. The third kappa shape index (κ3) is 3.23. The largest absolute Gasteiger partial charge is 0.493 e. The van der Waals surface area contributed by atoms with Crippen molar-refractivity contribution in [3.8, 4) is 28.5 Å². The van der Waals surface area contributed by atoms with E-state index in [1.165, 1.54) is 6.33 Å². The third-order valence-corrected chi connectivity index (χ3v) is 4.93. The van der Waals surface area contributed by atoms with Crippen LogP contribution in [0.15, 0.2) is 49.1 Å². The summed E-state index contributed by atoms with van der Waals surface area (Å²) in [5.74, 6) is 2.11. The number of anilines is 2. The summed E-state index contributed by atoms with van der Waals surface area (Å²) in [7, 11) is 4.71. The Balaban J connectivity index is 1.61. The maximum absolute atomic E-state index is 5.45. The van der Waals surface area contributed by atoms with Crippen LogP contribution in [0.4, 0.5) is 11.5 Å². The lowest BCUT2D eigenvalue weighted by Gasteiger charge is -2.15. The summed E-state index contributed by atoms with van der Waals surface area (Å²) in [5, 5.41) is 15.7. The Bertz CT molecular complexity index is 1370. The molecule has 0 radical (unpaired) electrons. The van der Waals surface area contributed by atoms with E-state index in [1.54, 1.807) is 44.2 Å². The summed E-state index contributed by atoms with van der Waals surface area (Å²) in [6, 6.07) is 9.59. The molecule has 10 heteroatoms. The highest BCUT2D eigenvalue weighted by Crippen LogP contribution is 2.40. The van der Waals surface area contributed by atoms with Gasteiger partial charge in [-0.05, 0) is 6.07 Å². The maximum Gasteiger partial charge on any atom is 0.203 e. The van der Waals surface area contributed by atoms with Crippen LogP contribution in [0.2, 0.25) is 0 Å². The molecule has 0 bridgehead atoms. The van der Waals surface area contributed by atoms with Crippen LogP contribution in [0.3, 0.4) is 0 Å². The molecule has 156 valence electrons. The normalized spacial score (nSPS) is 11.1. The highest BCUT2D eigenvalue weighted by Gasteiger charge is 2.16. The van der Waals surface area contributed by atoms with E-state index in [1.807, 2.05) is 24.4 Å². The topological polar surface area (TPSA) is 111 Å². The molecule has 31 heavy (non-hydrogen) atoms. The number of aromatic amines is 1. The fourth-order valence-corrected chi connectivity index (χ4v) is 3.44. The number of benzene rings is 2. The standard InChI is InChI=1S/C21H19N7O3/c1-29-17-7-14(8-18(30-2)19(17)31-3)25-20-21-22-11-24-28(21)10-16(26-20)12-4-5-13-9-23-27-15(13)6-12/h4-11H,1-3H3,(H,23,27)(H,25,26). The first kappa shape index (κ1) is 18.7. The number of hydrogen-bond acceptors (Lipinski definition) is 8. The van der Waals surface area contributed by atoms with Crippen LogP contribution in [0.1, 0.15) is 0 Å². The van der Waals surface area contributed by atoms with Crippen LogP contribution in [-0.4, -0.2) is 51.1 Å². The molecule has 0 spiro atoms. The van der Waals surface area contributed by atoms with E-state index in [0.29, 0.717) is 34.4 Å². The molecule has 2 aromatic carbocycles. The Morgan fingerprint density at radius 1 is 1.00 bits per heavy atom. The molecule has 0 fully saturated rings. The average molecular weight is 417 g/mol. The first-order valence-corrected chi connectivity index (χ1v) is 9.41. The van der Waals surface area contributed by atoms with Crippen molar-refractivity contribution in [1.82, 2.24) is 29.8 Å². The number of hydrogen-bond donors (Lipinski definition) is 2. The summed E-state index contributed by atoms with van der Waals surface area (Å²) in [6.45, 7) is 0. The Labute approximate surface area is 176 Å². The molecule has 3 aromatic heterocycles. The molecular formula is C21H19N7O3. The van der Waals surface area contributed by atoms with Crippen molar-refractivity contribution in [3.63, 3.8) is 0 Å². The Morgan fingerprint density at radius 3 is 2.55 bits per heavy atom. The smallest absolute Gasteiger partial charge is 0.203 e. The molecule has 0 atom stereocenters. The van der Waals surface area contributed by atoms with Crippen molar-refractivity contribution < 1.29 is 14.2 Å². The van der Waals surface area contributed by atoms with E-state index >= 15 is 0 Å². The molecule has 0 aliphatic carbocycles. The number of nitrogens with one attached hydrogen (secondary N) is 2. The van der Waals surface area contributed by atoms with Gasteiger partial charge in [0.1, 0.15) is 6.33 Å². The molecule has 3 heterocycles. The number of H-pyrrole nitrogens is 1. The van der Waals surface area contributed by atoms with Gasteiger partial charge in [-0.1, -0.05) is 12.1 Å². The Kier molecular flexibility index (Phi) is 4.51. The lowest BCUT2D eigenvalue weighted by atomic mass is 10.1. The van der Waals surface area contributed by atoms with Crippen molar-refractivity contribution in [2.24, 2.45) is 0 Å². The van der Waals surface area contributed by atoms with Crippen molar-refractivity contribution >= 4 is 28.1 Å². The minimum absolute atomic E-state index is 0.512. The van der Waals surface area contributed by atoms with Crippen LogP contribution in [-0.2, 0) is 0 Å². The fraction of sp³-hybridized carbons (Fsp3) is 0.143. The molecule has 0 aliphatic heterocycles. The summed E-state index contributed by atoms with van der Waals surface area (Å²) in [6.07, 6.45) is 5.10. The monoisotopic (exact) mass is 417 g/mol. The number of fused-ring (bicyclic) bond motifs is 2. The lowest BCUT2D eigenvalue weighted by Crippen LogP contribution is -2.02. The molecule has 0 aliphatic rings. The van der Waals surface area contributed by atoms with E-state index < -0.39 is 0 Å². The number of aromatic nitrogens is 6. The minimum atomic E-state index is 0.512. The molecule has 10 nitrogen and oxygen atoms in total. The van der Waals surface area contributed by atoms with Gasteiger partial charge in [0.05, 0.1) is 44.9 Å². The van der Waals surface area contributed by atoms with Crippen LogP contribution in [0.25, 0.3) is 27.8 Å². The molecule has 5 rings (SSSR count). The molecule has 0 amide bonds. The van der Waals surface area contributed by atoms with Crippen molar-refractivity contribution in [1.29, 1.82) is 0 Å². The van der Waals surface area contributed by atoms with Gasteiger partial charge in [-0.3, -0.25) is 5.10 Å². The van der Waals surface area contributed by atoms with Crippen LogP contribution in [0, 0.1) is 0 Å². The molecule has 0 saturated heterocycles. The highest BCUT2D eigenvalue weighted by atomic mass is 16.5. The summed E-state index contributed by atoms with van der Waals surface area (Å²) < 4.78 is 18.0. The Morgan fingerprint density at radius 2 is 1.81 bits per heavy atom. The van der Waals surface area contributed by atoms with Gasteiger partial charge in [0.15, 0.2) is 23.0 Å². The third-order valence-electron chi connectivity index (χ3n) is 4.93. The van der Waals surface area contributed by atoms with E-state index in [0.717, 1.165) is 22.2 Å². The maximum atomic E-state index is 5.45. The zero-order valence-electron chi connectivity index (χ0n) is 17.1. The molecular weight excluding hydrogens is 398 g/mol. The van der Waals surface area contributed by atoms with Crippen LogP contribution in [0.5, 0.6) is 17.2 Å². The van der Waals surface area contributed by atoms with Gasteiger partial charge in [-0.2, -0.15) is 10.2 Å². The van der Waals surface area contributed by atoms with Crippen molar-refractivity contribution in [3.05, 3.63) is 49.1 Å². The predicted molar refractivity (Wildman–Crippen MR) is 115 cm³/mol. The van der Waals surface area contributed by atoms with Crippen molar-refractivity contribution in [2.45, 2.75) is 0 Å². The quantitative estimate of drug-likeness (QED) is 0.432. The van der Waals surface area contributed by atoms with Gasteiger partial charge in [0, 0.05) is 28.8 Å². The van der Waals surface area contributed by atoms with Gasteiger partial charge in [0.2, 0.25) is 5.75 Å². The number of nitrogens with zero attached hydrogens (tertiary/aromatic N) is 5. The van der Waals surface area contributed by atoms with Gasteiger partial charge in [0.25, 0.3) is 0 Å². The number of ether oxygens (including phenoxy) is 3.